The molecule has 1 heterocycles. The number of hydrogen-bond acceptors (Lipinski definition) is 6. The van der Waals surface area contributed by atoms with Gasteiger partial charge in [0, 0.05) is 11.9 Å². The largest absolute Gasteiger partial charge is 0.367 e. The Balaban J connectivity index is 2.42. The van der Waals surface area contributed by atoms with Gasteiger partial charge in [-0.15, -0.1) is 0 Å². The zero-order valence-corrected chi connectivity index (χ0v) is 10.6. The van der Waals surface area contributed by atoms with Gasteiger partial charge in [0.2, 0.25) is 5.82 Å². The Labute approximate surface area is 112 Å². The summed E-state index contributed by atoms with van der Waals surface area (Å²) in [6.45, 7) is 0. The first-order valence-electron chi connectivity index (χ1n) is 5.22. The van der Waals surface area contributed by atoms with E-state index >= 15 is 0 Å². The molecular weight excluding hydrogens is 271 g/mol. The summed E-state index contributed by atoms with van der Waals surface area (Å²) < 4.78 is 13.1. The second-order valence-corrected chi connectivity index (χ2v) is 4.50. The van der Waals surface area contributed by atoms with Gasteiger partial charge in [0.1, 0.15) is 12.1 Å². The van der Waals surface area contributed by atoms with Crippen LogP contribution in [0.4, 0.5) is 15.9 Å². The van der Waals surface area contributed by atoms with Crippen LogP contribution in [0.5, 0.6) is 0 Å². The Kier molecular flexibility index (Phi) is 3.91. The van der Waals surface area contributed by atoms with Gasteiger partial charge in [0.25, 0.3) is 0 Å². The van der Waals surface area contributed by atoms with E-state index in [4.69, 9.17) is 0 Å². The molecule has 0 saturated carbocycles. The van der Waals surface area contributed by atoms with Crippen molar-refractivity contribution in [1.82, 2.24) is 9.97 Å². The monoisotopic (exact) mass is 280 g/mol. The second-order valence-electron chi connectivity index (χ2n) is 3.44. The lowest BCUT2D eigenvalue weighted by molar-refractivity contribution is -0.387. The minimum atomic E-state index is -0.562. The number of nitrogens with zero attached hydrogens (tertiary/aromatic N) is 3. The summed E-state index contributed by atoms with van der Waals surface area (Å²) in [6.07, 6.45) is 1.22. The molecule has 2 aromatic rings. The van der Waals surface area contributed by atoms with Gasteiger partial charge in [-0.2, -0.15) is 0 Å². The fraction of sp³-hybridized carbons (Fsp3) is 0.0909. The Morgan fingerprint density at radius 3 is 2.84 bits per heavy atom. The summed E-state index contributed by atoms with van der Waals surface area (Å²) in [5.41, 5.74) is -0.223. The van der Waals surface area contributed by atoms with Gasteiger partial charge >= 0.3 is 5.69 Å². The van der Waals surface area contributed by atoms with Gasteiger partial charge in [-0.05, 0) is 18.2 Å². The van der Waals surface area contributed by atoms with Crippen molar-refractivity contribution in [2.24, 2.45) is 0 Å². The fourth-order valence-corrected chi connectivity index (χ4v) is 2.34. The normalized spacial score (nSPS) is 10.2. The van der Waals surface area contributed by atoms with E-state index in [0.29, 0.717) is 4.90 Å². The third kappa shape index (κ3) is 2.97. The van der Waals surface area contributed by atoms with Crippen LogP contribution in [-0.2, 0) is 0 Å². The van der Waals surface area contributed by atoms with Crippen molar-refractivity contribution >= 4 is 23.3 Å². The third-order valence-corrected chi connectivity index (χ3v) is 3.20. The van der Waals surface area contributed by atoms with Crippen molar-refractivity contribution in [3.05, 3.63) is 46.5 Å². The molecule has 8 heteroatoms. The second kappa shape index (κ2) is 5.61. The van der Waals surface area contributed by atoms with Crippen LogP contribution in [0.1, 0.15) is 0 Å². The van der Waals surface area contributed by atoms with Gasteiger partial charge in [-0.3, -0.25) is 10.1 Å². The number of benzene rings is 1. The minimum absolute atomic E-state index is 0.124. The van der Waals surface area contributed by atoms with Crippen LogP contribution in [0.3, 0.4) is 0 Å². The molecule has 0 spiro atoms. The van der Waals surface area contributed by atoms with E-state index in [9.17, 15) is 14.5 Å². The van der Waals surface area contributed by atoms with E-state index in [0.717, 1.165) is 11.8 Å². The molecule has 1 aromatic heterocycles. The van der Waals surface area contributed by atoms with Crippen molar-refractivity contribution in [3.63, 3.8) is 0 Å². The number of hydrogen-bond donors (Lipinski definition) is 1. The molecular formula is C11H9FN4O2S. The predicted octanol–water partition coefficient (Wildman–Crippen LogP) is 2.72. The van der Waals surface area contributed by atoms with Crippen LogP contribution < -0.4 is 5.32 Å². The zero-order valence-electron chi connectivity index (χ0n) is 9.83. The van der Waals surface area contributed by atoms with Crippen LogP contribution >= 0.6 is 11.8 Å². The van der Waals surface area contributed by atoms with E-state index < -0.39 is 10.7 Å². The van der Waals surface area contributed by atoms with E-state index in [1.54, 1.807) is 6.07 Å². The molecule has 1 N–H and O–H groups in total. The first-order valence-corrected chi connectivity index (χ1v) is 6.04. The molecule has 1 aromatic carbocycles. The molecule has 2 rings (SSSR count). The number of halogens is 1. The lowest BCUT2D eigenvalue weighted by Crippen LogP contribution is -2.02. The molecule has 19 heavy (non-hydrogen) atoms. The SMILES string of the molecule is CNc1ncnc(Sc2cccc(F)c2)c1[N+](=O)[O-]. The highest BCUT2D eigenvalue weighted by atomic mass is 32.2. The van der Waals surface area contributed by atoms with Crippen LogP contribution in [0, 0.1) is 15.9 Å². The van der Waals surface area contributed by atoms with Gasteiger partial charge in [-0.1, -0.05) is 17.8 Å². The molecule has 0 aliphatic rings. The highest BCUT2D eigenvalue weighted by molar-refractivity contribution is 7.99. The van der Waals surface area contributed by atoms with Crippen LogP contribution in [-0.4, -0.2) is 21.9 Å². The maximum Gasteiger partial charge on any atom is 0.343 e. The first-order chi connectivity index (χ1) is 9.11. The maximum atomic E-state index is 13.1. The molecule has 0 amide bonds. The molecule has 0 bridgehead atoms. The number of anilines is 1. The molecule has 0 atom stereocenters. The Morgan fingerprint density at radius 2 is 2.21 bits per heavy atom. The molecule has 0 unspecified atom stereocenters. The highest BCUT2D eigenvalue weighted by Gasteiger charge is 2.22. The maximum absolute atomic E-state index is 13.1. The molecule has 98 valence electrons. The molecule has 0 radical (unpaired) electrons. The van der Waals surface area contributed by atoms with Crippen LogP contribution in [0.25, 0.3) is 0 Å². The highest BCUT2D eigenvalue weighted by Crippen LogP contribution is 2.36. The first kappa shape index (κ1) is 13.2. The zero-order chi connectivity index (χ0) is 13.8. The quantitative estimate of drug-likeness (QED) is 0.527. The number of aromatic nitrogens is 2. The summed E-state index contributed by atoms with van der Waals surface area (Å²) >= 11 is 1.01. The topological polar surface area (TPSA) is 81.0 Å². The molecule has 0 fully saturated rings. The number of nitrogens with one attached hydrogen (secondary N) is 1. The predicted molar refractivity (Wildman–Crippen MR) is 68.8 cm³/mol. The van der Waals surface area contributed by atoms with Crippen LogP contribution in [0.2, 0.25) is 0 Å². The lowest BCUT2D eigenvalue weighted by atomic mass is 10.4. The molecule has 0 aliphatic carbocycles. The van der Waals surface area contributed by atoms with Crippen LogP contribution in [0.15, 0.2) is 40.5 Å². The van der Waals surface area contributed by atoms with Crippen molar-refractivity contribution in [2.75, 3.05) is 12.4 Å². The van der Waals surface area contributed by atoms with E-state index in [-0.39, 0.29) is 16.5 Å². The third-order valence-electron chi connectivity index (χ3n) is 2.22. The van der Waals surface area contributed by atoms with Gasteiger partial charge in [0.05, 0.1) is 4.92 Å². The van der Waals surface area contributed by atoms with Gasteiger partial charge in [-0.25, -0.2) is 14.4 Å². The van der Waals surface area contributed by atoms with Crippen molar-refractivity contribution in [3.8, 4) is 0 Å². The Morgan fingerprint density at radius 1 is 1.42 bits per heavy atom. The van der Waals surface area contributed by atoms with E-state index in [1.165, 1.54) is 31.6 Å². The molecule has 0 saturated heterocycles. The summed E-state index contributed by atoms with van der Waals surface area (Å²) in [6, 6.07) is 5.77. The van der Waals surface area contributed by atoms with Crippen molar-refractivity contribution in [2.45, 2.75) is 9.92 Å². The average Bonchev–Trinajstić information content (AvgIpc) is 2.38. The van der Waals surface area contributed by atoms with Gasteiger partial charge < -0.3 is 5.32 Å². The Hall–Kier alpha value is -2.22. The number of nitro groups is 1. The minimum Gasteiger partial charge on any atom is -0.367 e. The van der Waals surface area contributed by atoms with Crippen molar-refractivity contribution in [1.29, 1.82) is 0 Å². The molecule has 0 aliphatic heterocycles. The number of rotatable bonds is 4. The fourth-order valence-electron chi connectivity index (χ4n) is 1.43. The van der Waals surface area contributed by atoms with Crippen molar-refractivity contribution < 1.29 is 9.31 Å². The van der Waals surface area contributed by atoms with Gasteiger partial charge in [0.15, 0.2) is 5.03 Å². The van der Waals surface area contributed by atoms with E-state index in [1.807, 2.05) is 0 Å². The average molecular weight is 280 g/mol. The summed E-state index contributed by atoms with van der Waals surface area (Å²) in [5, 5.41) is 13.9. The Bertz CT molecular complexity index is 623. The molecule has 6 nitrogen and oxygen atoms in total. The van der Waals surface area contributed by atoms with E-state index in [2.05, 4.69) is 15.3 Å². The lowest BCUT2D eigenvalue weighted by Gasteiger charge is -2.05. The summed E-state index contributed by atoms with van der Waals surface area (Å²) in [4.78, 5) is 18.7. The summed E-state index contributed by atoms with van der Waals surface area (Å²) in [5.74, 6) is -0.283. The smallest absolute Gasteiger partial charge is 0.343 e. The standard InChI is InChI=1S/C11H9FN4O2S/c1-13-10-9(16(17)18)11(15-6-14-10)19-8-4-2-3-7(12)5-8/h2-6H,1H3,(H,13,14,15). The summed E-state index contributed by atoms with van der Waals surface area (Å²) in [7, 11) is 1.53.